The van der Waals surface area contributed by atoms with Crippen LogP contribution in [0.4, 0.5) is 0 Å². The summed E-state index contributed by atoms with van der Waals surface area (Å²) in [6.45, 7) is 8.29. The molecule has 1 N–H and O–H groups in total. The minimum absolute atomic E-state index is 0.109. The zero-order valence-corrected chi connectivity index (χ0v) is 12.2. The lowest BCUT2D eigenvalue weighted by molar-refractivity contribution is 0.00433. The second-order valence-electron chi connectivity index (χ2n) is 4.59. The third-order valence-electron chi connectivity index (χ3n) is 2.82. The molecule has 0 fully saturated rings. The smallest absolute Gasteiger partial charge is 0.0950 e. The number of benzene rings is 1. The maximum atomic E-state index is 5.93. The molecule has 0 aliphatic carbocycles. The Kier molecular flexibility index (Phi) is 9.33. The summed E-state index contributed by atoms with van der Waals surface area (Å²) in [5, 5.41) is 3.42. The topological polar surface area (TPSA) is 30.5 Å². The average Bonchev–Trinajstić information content (AvgIpc) is 2.46. The molecular formula is C16H27NO2. The summed E-state index contributed by atoms with van der Waals surface area (Å²) < 4.78 is 11.4. The van der Waals surface area contributed by atoms with Crippen LogP contribution in [-0.4, -0.2) is 32.9 Å². The molecule has 1 unspecified atom stereocenters. The van der Waals surface area contributed by atoms with Gasteiger partial charge in [0, 0.05) is 13.2 Å². The highest BCUT2D eigenvalue weighted by atomic mass is 16.5. The average molecular weight is 265 g/mol. The molecule has 0 saturated heterocycles. The second kappa shape index (κ2) is 11.0. The van der Waals surface area contributed by atoms with Crippen molar-refractivity contribution in [1.82, 2.24) is 5.32 Å². The Balaban J connectivity index is 2.36. The Morgan fingerprint density at radius 3 is 2.47 bits per heavy atom. The molecule has 3 nitrogen and oxygen atoms in total. The molecule has 1 atom stereocenters. The van der Waals surface area contributed by atoms with Gasteiger partial charge in [-0.15, -0.1) is 0 Å². The van der Waals surface area contributed by atoms with Gasteiger partial charge in [0.15, 0.2) is 0 Å². The van der Waals surface area contributed by atoms with Crippen LogP contribution in [0, 0.1) is 0 Å². The van der Waals surface area contributed by atoms with Gasteiger partial charge in [0.25, 0.3) is 0 Å². The molecule has 0 aromatic heterocycles. The van der Waals surface area contributed by atoms with Crippen LogP contribution in [0.2, 0.25) is 0 Å². The zero-order chi connectivity index (χ0) is 13.8. The molecule has 0 amide bonds. The lowest BCUT2D eigenvalue weighted by Gasteiger charge is -2.19. The standard InChI is InChI=1S/C16H27NO2/c1-3-10-17-14-16(15-8-6-5-7-9-15)19-13-12-18-11-4-2/h5-9,16-17H,3-4,10-14H2,1-2H3. The van der Waals surface area contributed by atoms with E-state index in [1.165, 1.54) is 5.56 Å². The molecule has 1 rings (SSSR count). The van der Waals surface area contributed by atoms with Gasteiger partial charge >= 0.3 is 0 Å². The summed E-state index contributed by atoms with van der Waals surface area (Å²) in [5.74, 6) is 0. The van der Waals surface area contributed by atoms with E-state index in [0.717, 1.165) is 32.5 Å². The molecular weight excluding hydrogens is 238 g/mol. The van der Waals surface area contributed by atoms with E-state index in [4.69, 9.17) is 9.47 Å². The summed E-state index contributed by atoms with van der Waals surface area (Å²) in [7, 11) is 0. The monoisotopic (exact) mass is 265 g/mol. The van der Waals surface area contributed by atoms with Gasteiger partial charge in [-0.25, -0.2) is 0 Å². The molecule has 0 aliphatic rings. The highest BCUT2D eigenvalue weighted by molar-refractivity contribution is 5.17. The SMILES string of the molecule is CCCNCC(OCCOCCC)c1ccccc1. The fourth-order valence-corrected chi connectivity index (χ4v) is 1.85. The van der Waals surface area contributed by atoms with E-state index in [1.807, 2.05) is 6.07 Å². The van der Waals surface area contributed by atoms with Crippen LogP contribution in [0.15, 0.2) is 30.3 Å². The molecule has 0 aliphatic heterocycles. The van der Waals surface area contributed by atoms with E-state index < -0.39 is 0 Å². The summed E-state index contributed by atoms with van der Waals surface area (Å²) in [4.78, 5) is 0. The maximum absolute atomic E-state index is 5.93. The van der Waals surface area contributed by atoms with Gasteiger partial charge in [-0.3, -0.25) is 0 Å². The van der Waals surface area contributed by atoms with Crippen molar-refractivity contribution in [1.29, 1.82) is 0 Å². The third-order valence-corrected chi connectivity index (χ3v) is 2.82. The molecule has 1 aromatic carbocycles. The van der Waals surface area contributed by atoms with Crippen molar-refractivity contribution in [3.8, 4) is 0 Å². The maximum Gasteiger partial charge on any atom is 0.0950 e. The molecule has 19 heavy (non-hydrogen) atoms. The lowest BCUT2D eigenvalue weighted by atomic mass is 10.1. The van der Waals surface area contributed by atoms with E-state index in [2.05, 4.69) is 43.4 Å². The van der Waals surface area contributed by atoms with E-state index in [-0.39, 0.29) is 6.10 Å². The lowest BCUT2D eigenvalue weighted by Crippen LogP contribution is -2.25. The van der Waals surface area contributed by atoms with Crippen LogP contribution in [0.5, 0.6) is 0 Å². The first-order chi connectivity index (χ1) is 9.38. The Labute approximate surface area is 117 Å². The van der Waals surface area contributed by atoms with Crippen molar-refractivity contribution in [2.24, 2.45) is 0 Å². The highest BCUT2D eigenvalue weighted by Crippen LogP contribution is 2.16. The van der Waals surface area contributed by atoms with Gasteiger partial charge in [0.1, 0.15) is 0 Å². The number of nitrogens with one attached hydrogen (secondary N) is 1. The molecule has 0 heterocycles. The first kappa shape index (κ1) is 16.2. The van der Waals surface area contributed by atoms with Gasteiger partial charge in [0.05, 0.1) is 19.3 Å². The van der Waals surface area contributed by atoms with Crippen LogP contribution < -0.4 is 5.32 Å². The van der Waals surface area contributed by atoms with Gasteiger partial charge in [-0.2, -0.15) is 0 Å². The molecule has 0 saturated carbocycles. The van der Waals surface area contributed by atoms with Crippen molar-refractivity contribution in [2.45, 2.75) is 32.8 Å². The van der Waals surface area contributed by atoms with E-state index in [9.17, 15) is 0 Å². The van der Waals surface area contributed by atoms with Crippen molar-refractivity contribution in [2.75, 3.05) is 32.9 Å². The van der Waals surface area contributed by atoms with Crippen molar-refractivity contribution >= 4 is 0 Å². The van der Waals surface area contributed by atoms with Gasteiger partial charge in [0.2, 0.25) is 0 Å². The molecule has 3 heteroatoms. The molecule has 1 aromatic rings. The number of hydrogen-bond donors (Lipinski definition) is 1. The highest BCUT2D eigenvalue weighted by Gasteiger charge is 2.10. The third kappa shape index (κ3) is 7.31. The Bertz CT molecular complexity index is 303. The van der Waals surface area contributed by atoms with Crippen LogP contribution in [0.3, 0.4) is 0 Å². The normalized spacial score (nSPS) is 12.5. The predicted octanol–water partition coefficient (Wildman–Crippen LogP) is 3.17. The fourth-order valence-electron chi connectivity index (χ4n) is 1.85. The van der Waals surface area contributed by atoms with Crippen molar-refractivity contribution in [3.05, 3.63) is 35.9 Å². The molecule has 108 valence electrons. The van der Waals surface area contributed by atoms with Crippen molar-refractivity contribution < 1.29 is 9.47 Å². The van der Waals surface area contributed by atoms with Crippen LogP contribution in [-0.2, 0) is 9.47 Å². The fraction of sp³-hybridized carbons (Fsp3) is 0.625. The Hall–Kier alpha value is -0.900. The quantitative estimate of drug-likeness (QED) is 0.623. The number of ether oxygens (including phenoxy) is 2. The van der Waals surface area contributed by atoms with Gasteiger partial charge in [-0.05, 0) is 24.9 Å². The van der Waals surface area contributed by atoms with E-state index >= 15 is 0 Å². The summed E-state index contributed by atoms with van der Waals surface area (Å²) in [5.41, 5.74) is 1.22. The molecule has 0 spiro atoms. The summed E-state index contributed by atoms with van der Waals surface area (Å²) >= 11 is 0. The minimum atomic E-state index is 0.109. The van der Waals surface area contributed by atoms with Crippen molar-refractivity contribution in [3.63, 3.8) is 0 Å². The molecule has 0 bridgehead atoms. The largest absolute Gasteiger partial charge is 0.379 e. The van der Waals surface area contributed by atoms with Gasteiger partial charge in [-0.1, -0.05) is 44.2 Å². The predicted molar refractivity (Wildman–Crippen MR) is 79.4 cm³/mol. The summed E-state index contributed by atoms with van der Waals surface area (Å²) in [6, 6.07) is 10.4. The van der Waals surface area contributed by atoms with E-state index in [1.54, 1.807) is 0 Å². The Morgan fingerprint density at radius 2 is 1.79 bits per heavy atom. The van der Waals surface area contributed by atoms with Gasteiger partial charge < -0.3 is 14.8 Å². The zero-order valence-electron chi connectivity index (χ0n) is 12.2. The first-order valence-electron chi connectivity index (χ1n) is 7.33. The van der Waals surface area contributed by atoms with Crippen LogP contribution in [0.25, 0.3) is 0 Å². The van der Waals surface area contributed by atoms with E-state index in [0.29, 0.717) is 13.2 Å². The second-order valence-corrected chi connectivity index (χ2v) is 4.59. The number of hydrogen-bond acceptors (Lipinski definition) is 3. The minimum Gasteiger partial charge on any atom is -0.379 e. The number of rotatable bonds is 11. The summed E-state index contributed by atoms with van der Waals surface area (Å²) in [6.07, 6.45) is 2.30. The van der Waals surface area contributed by atoms with Crippen LogP contribution in [0.1, 0.15) is 38.4 Å². The first-order valence-corrected chi connectivity index (χ1v) is 7.33. The Morgan fingerprint density at radius 1 is 1.00 bits per heavy atom. The molecule has 0 radical (unpaired) electrons. The van der Waals surface area contributed by atoms with Crippen LogP contribution >= 0.6 is 0 Å².